The maximum Gasteiger partial charge on any atom is 0.255 e. The Kier molecular flexibility index (Phi) is 6.77. The molecule has 0 spiro atoms. The van der Waals surface area contributed by atoms with Crippen molar-refractivity contribution in [3.05, 3.63) is 46.8 Å². The highest BCUT2D eigenvalue weighted by atomic mass is 35.5. The average molecular weight is 396 g/mol. The SMILES string of the molecule is Cc1noc(C)c1CSc1ccccc1C(=O)N1CCC(C)(CN)C1.Cl. The first kappa shape index (κ1) is 20.8. The summed E-state index contributed by atoms with van der Waals surface area (Å²) in [5.41, 5.74) is 8.68. The fourth-order valence-corrected chi connectivity index (χ4v) is 4.36. The highest BCUT2D eigenvalue weighted by Crippen LogP contribution is 2.33. The van der Waals surface area contributed by atoms with Gasteiger partial charge in [0.1, 0.15) is 5.76 Å². The summed E-state index contributed by atoms with van der Waals surface area (Å²) >= 11 is 1.65. The molecule has 7 heteroatoms. The van der Waals surface area contributed by atoms with Gasteiger partial charge in [-0.15, -0.1) is 24.2 Å². The van der Waals surface area contributed by atoms with Gasteiger partial charge in [0.25, 0.3) is 5.91 Å². The predicted octanol–water partition coefficient (Wildman–Crippen LogP) is 3.82. The molecule has 1 unspecified atom stereocenters. The lowest BCUT2D eigenvalue weighted by molar-refractivity contribution is 0.0773. The number of benzene rings is 1. The molecule has 0 radical (unpaired) electrons. The minimum atomic E-state index is 0. The summed E-state index contributed by atoms with van der Waals surface area (Å²) in [6.07, 6.45) is 0.962. The summed E-state index contributed by atoms with van der Waals surface area (Å²) < 4.78 is 5.23. The Balaban J connectivity index is 0.00000243. The number of aryl methyl sites for hydroxylation is 2. The van der Waals surface area contributed by atoms with E-state index in [4.69, 9.17) is 10.3 Å². The van der Waals surface area contributed by atoms with Crippen LogP contribution >= 0.6 is 24.2 Å². The number of nitrogens with two attached hydrogens (primary N) is 1. The van der Waals surface area contributed by atoms with Gasteiger partial charge < -0.3 is 15.2 Å². The minimum Gasteiger partial charge on any atom is -0.361 e. The van der Waals surface area contributed by atoms with Crippen molar-refractivity contribution in [1.29, 1.82) is 0 Å². The van der Waals surface area contributed by atoms with Crippen LogP contribution in [0.15, 0.2) is 33.7 Å². The Morgan fingerprint density at radius 3 is 2.73 bits per heavy atom. The van der Waals surface area contributed by atoms with Crippen LogP contribution in [-0.2, 0) is 5.75 Å². The lowest BCUT2D eigenvalue weighted by atomic mass is 9.90. The highest BCUT2D eigenvalue weighted by Gasteiger charge is 2.35. The molecule has 0 aliphatic carbocycles. The largest absolute Gasteiger partial charge is 0.361 e. The second-order valence-corrected chi connectivity index (χ2v) is 8.10. The van der Waals surface area contributed by atoms with E-state index in [2.05, 4.69) is 12.1 Å². The van der Waals surface area contributed by atoms with Crippen LogP contribution in [0.3, 0.4) is 0 Å². The molecule has 1 aromatic carbocycles. The van der Waals surface area contributed by atoms with Crippen molar-refractivity contribution in [3.8, 4) is 0 Å². The van der Waals surface area contributed by atoms with Gasteiger partial charge in [-0.05, 0) is 44.4 Å². The van der Waals surface area contributed by atoms with Gasteiger partial charge in [-0.25, -0.2) is 0 Å². The van der Waals surface area contributed by atoms with Gasteiger partial charge in [0.2, 0.25) is 0 Å². The number of nitrogens with zero attached hydrogens (tertiary/aromatic N) is 2. The zero-order valence-corrected chi connectivity index (χ0v) is 17.1. The molecule has 1 aromatic heterocycles. The van der Waals surface area contributed by atoms with E-state index in [9.17, 15) is 4.79 Å². The molecular weight excluding hydrogens is 370 g/mol. The zero-order valence-electron chi connectivity index (χ0n) is 15.4. The Labute approximate surface area is 165 Å². The Hall–Kier alpha value is -1.50. The van der Waals surface area contributed by atoms with Crippen molar-refractivity contribution in [2.75, 3.05) is 19.6 Å². The van der Waals surface area contributed by atoms with E-state index in [1.165, 1.54) is 0 Å². The Morgan fingerprint density at radius 1 is 1.38 bits per heavy atom. The third kappa shape index (κ3) is 4.24. The molecule has 142 valence electrons. The van der Waals surface area contributed by atoms with Crippen LogP contribution < -0.4 is 5.73 Å². The van der Waals surface area contributed by atoms with Crippen molar-refractivity contribution >= 4 is 30.1 Å². The second-order valence-electron chi connectivity index (χ2n) is 7.08. The number of aromatic nitrogens is 1. The number of halogens is 1. The normalized spacial score (nSPS) is 19.5. The minimum absolute atomic E-state index is 0. The van der Waals surface area contributed by atoms with Crippen LogP contribution in [0.4, 0.5) is 0 Å². The molecule has 2 N–H and O–H groups in total. The van der Waals surface area contributed by atoms with E-state index in [-0.39, 0.29) is 23.7 Å². The van der Waals surface area contributed by atoms with Gasteiger partial charge in [0, 0.05) is 29.3 Å². The topological polar surface area (TPSA) is 72.4 Å². The molecule has 2 heterocycles. The van der Waals surface area contributed by atoms with E-state index in [1.54, 1.807) is 11.8 Å². The summed E-state index contributed by atoms with van der Waals surface area (Å²) in [6, 6.07) is 7.82. The Bertz CT molecular complexity index is 760. The smallest absolute Gasteiger partial charge is 0.255 e. The lowest BCUT2D eigenvalue weighted by Crippen LogP contribution is -2.34. The first-order valence-electron chi connectivity index (χ1n) is 8.56. The maximum absolute atomic E-state index is 13.0. The van der Waals surface area contributed by atoms with E-state index < -0.39 is 0 Å². The van der Waals surface area contributed by atoms with E-state index in [1.807, 2.05) is 43.0 Å². The fraction of sp³-hybridized carbons (Fsp3) is 0.474. The quantitative estimate of drug-likeness (QED) is 0.779. The molecule has 1 aliphatic heterocycles. The Morgan fingerprint density at radius 2 is 2.12 bits per heavy atom. The molecule has 1 fully saturated rings. The number of rotatable bonds is 5. The van der Waals surface area contributed by atoms with Gasteiger partial charge in [-0.2, -0.15) is 0 Å². The highest BCUT2D eigenvalue weighted by molar-refractivity contribution is 7.98. The van der Waals surface area contributed by atoms with Crippen molar-refractivity contribution in [2.45, 2.75) is 37.8 Å². The van der Waals surface area contributed by atoms with Gasteiger partial charge >= 0.3 is 0 Å². The summed E-state index contributed by atoms with van der Waals surface area (Å²) in [6.45, 7) is 8.13. The third-order valence-electron chi connectivity index (χ3n) is 5.01. The molecule has 5 nitrogen and oxygen atoms in total. The predicted molar refractivity (Wildman–Crippen MR) is 107 cm³/mol. The van der Waals surface area contributed by atoms with Crippen LogP contribution in [0.25, 0.3) is 0 Å². The summed E-state index contributed by atoms with van der Waals surface area (Å²) in [7, 11) is 0. The average Bonchev–Trinajstić information content (AvgIpc) is 3.16. The molecule has 1 amide bonds. The molecular formula is C19H26ClN3O2S. The van der Waals surface area contributed by atoms with Crippen LogP contribution in [0.1, 0.15) is 40.7 Å². The first-order chi connectivity index (χ1) is 11.9. The molecule has 1 aliphatic rings. The number of hydrogen-bond acceptors (Lipinski definition) is 5. The number of thioether (sulfide) groups is 1. The maximum atomic E-state index is 13.0. The molecule has 0 bridgehead atoms. The second kappa shape index (κ2) is 8.46. The van der Waals surface area contributed by atoms with E-state index >= 15 is 0 Å². The van der Waals surface area contributed by atoms with Crippen molar-refractivity contribution in [3.63, 3.8) is 0 Å². The van der Waals surface area contributed by atoms with Crippen LogP contribution in [-0.4, -0.2) is 35.6 Å². The van der Waals surface area contributed by atoms with Crippen molar-refractivity contribution in [2.24, 2.45) is 11.1 Å². The molecule has 1 saturated heterocycles. The molecule has 3 rings (SSSR count). The fourth-order valence-electron chi connectivity index (χ4n) is 3.16. The third-order valence-corrected chi connectivity index (χ3v) is 6.11. The number of amides is 1. The number of likely N-dealkylation sites (tertiary alicyclic amines) is 1. The van der Waals surface area contributed by atoms with Gasteiger partial charge in [-0.1, -0.05) is 24.2 Å². The zero-order chi connectivity index (χ0) is 18.0. The monoisotopic (exact) mass is 395 g/mol. The first-order valence-corrected chi connectivity index (χ1v) is 9.55. The van der Waals surface area contributed by atoms with Crippen LogP contribution in [0, 0.1) is 19.3 Å². The van der Waals surface area contributed by atoms with Gasteiger partial charge in [0.05, 0.1) is 11.3 Å². The number of hydrogen-bond donors (Lipinski definition) is 1. The lowest BCUT2D eigenvalue weighted by Gasteiger charge is -2.23. The van der Waals surface area contributed by atoms with Gasteiger partial charge in [0.15, 0.2) is 0 Å². The summed E-state index contributed by atoms with van der Waals surface area (Å²) in [5, 5.41) is 4.00. The molecule has 1 atom stereocenters. The van der Waals surface area contributed by atoms with Crippen molar-refractivity contribution < 1.29 is 9.32 Å². The summed E-state index contributed by atoms with van der Waals surface area (Å²) in [5.74, 6) is 1.68. The van der Waals surface area contributed by atoms with Crippen LogP contribution in [0.5, 0.6) is 0 Å². The van der Waals surface area contributed by atoms with Crippen LogP contribution in [0.2, 0.25) is 0 Å². The van der Waals surface area contributed by atoms with Gasteiger partial charge in [-0.3, -0.25) is 4.79 Å². The number of carbonyl (C=O) groups is 1. The standard InChI is InChI=1S/C19H25N3O2S.ClH/c1-13-16(14(2)24-21-13)10-25-17-7-5-4-6-15(17)18(23)22-9-8-19(3,11-20)12-22;/h4-7H,8-12,20H2,1-3H3;1H. The molecule has 2 aromatic rings. The summed E-state index contributed by atoms with van der Waals surface area (Å²) in [4.78, 5) is 15.9. The van der Waals surface area contributed by atoms with E-state index in [0.717, 1.165) is 52.7 Å². The van der Waals surface area contributed by atoms with Crippen molar-refractivity contribution in [1.82, 2.24) is 10.1 Å². The number of carbonyl (C=O) groups excluding carboxylic acids is 1. The molecule has 0 saturated carbocycles. The van der Waals surface area contributed by atoms with E-state index in [0.29, 0.717) is 6.54 Å². The molecule has 26 heavy (non-hydrogen) atoms.